The lowest BCUT2D eigenvalue weighted by atomic mass is 9.99. The van der Waals surface area contributed by atoms with Crippen molar-refractivity contribution in [2.45, 2.75) is 32.0 Å². The van der Waals surface area contributed by atoms with E-state index in [0.717, 1.165) is 37.6 Å². The number of rotatable bonds is 9. The number of methoxy groups -OCH3 is 1. The molecule has 3 N–H and O–H groups in total. The van der Waals surface area contributed by atoms with Crippen molar-refractivity contribution in [3.05, 3.63) is 48.2 Å². The van der Waals surface area contributed by atoms with E-state index in [1.54, 1.807) is 23.7 Å². The van der Waals surface area contributed by atoms with Crippen LogP contribution in [0.25, 0.3) is 0 Å². The topological polar surface area (TPSA) is 87.9 Å². The maximum absolute atomic E-state index is 12.8. The number of hydrogen-bond acceptors (Lipinski definition) is 9. The van der Waals surface area contributed by atoms with E-state index in [4.69, 9.17) is 5.73 Å². The lowest BCUT2D eigenvalue weighted by Crippen LogP contribution is -2.57. The van der Waals surface area contributed by atoms with Crippen LogP contribution < -0.4 is 11.1 Å². The van der Waals surface area contributed by atoms with Crippen LogP contribution in [0.4, 0.5) is 0 Å². The van der Waals surface area contributed by atoms with Crippen LogP contribution in [0.3, 0.4) is 0 Å². The normalized spacial score (nSPS) is 17.4. The zero-order valence-corrected chi connectivity index (χ0v) is 23.3. The molecule has 3 rings (SSSR count). The van der Waals surface area contributed by atoms with Gasteiger partial charge in [0.1, 0.15) is 12.6 Å². The summed E-state index contributed by atoms with van der Waals surface area (Å²) in [6, 6.07) is 8.59. The smallest absolute Gasteiger partial charge is 0.325 e. The van der Waals surface area contributed by atoms with Gasteiger partial charge in [-0.15, -0.1) is 0 Å². The van der Waals surface area contributed by atoms with Gasteiger partial charge in [0.15, 0.2) is 0 Å². The van der Waals surface area contributed by atoms with Gasteiger partial charge in [0.25, 0.3) is 0 Å². The molecule has 0 radical (unpaired) electrons. The Morgan fingerprint density at radius 1 is 1.32 bits per heavy atom. The summed E-state index contributed by atoms with van der Waals surface area (Å²) in [4.78, 5) is 25.0. The third-order valence-electron chi connectivity index (χ3n) is 5.18. The summed E-state index contributed by atoms with van der Waals surface area (Å²) < 4.78 is 6.47. The van der Waals surface area contributed by atoms with Crippen LogP contribution in [-0.2, 0) is 27.3 Å². The van der Waals surface area contributed by atoms with Crippen LogP contribution in [0, 0.1) is 0 Å². The minimum Gasteiger partial charge on any atom is -0.468 e. The number of nitrogens with two attached hydrogens (primary N) is 1. The Balaban J connectivity index is 0.000000403. The lowest BCUT2D eigenvalue weighted by molar-refractivity contribution is -0.139. The summed E-state index contributed by atoms with van der Waals surface area (Å²) >= 11 is 5.36. The van der Waals surface area contributed by atoms with Crippen molar-refractivity contribution >= 4 is 47.3 Å². The quantitative estimate of drug-likeness (QED) is 0.371. The Labute approximate surface area is 218 Å². The molecule has 7 nitrogen and oxygen atoms in total. The van der Waals surface area contributed by atoms with Gasteiger partial charge < -0.3 is 20.7 Å². The fourth-order valence-electron chi connectivity index (χ4n) is 3.25. The van der Waals surface area contributed by atoms with Crippen molar-refractivity contribution in [2.24, 2.45) is 5.73 Å². The molecule has 0 aliphatic carbocycles. The molecular formula is C24H40N4O3S3. The second-order valence-corrected chi connectivity index (χ2v) is 10.8. The first-order valence-corrected chi connectivity index (χ1v) is 15.0. The number of amides is 1. The molecule has 2 aliphatic heterocycles. The molecule has 192 valence electrons. The van der Waals surface area contributed by atoms with Crippen LogP contribution in [0.1, 0.15) is 18.1 Å². The van der Waals surface area contributed by atoms with E-state index in [9.17, 15) is 9.59 Å². The van der Waals surface area contributed by atoms with Crippen molar-refractivity contribution in [1.82, 2.24) is 14.5 Å². The number of nitrogens with one attached hydrogen (secondary N) is 1. The predicted molar refractivity (Wildman–Crippen MR) is 149 cm³/mol. The van der Waals surface area contributed by atoms with Gasteiger partial charge in [-0.1, -0.05) is 49.7 Å². The average Bonchev–Trinajstić information content (AvgIpc) is 2.85. The van der Waals surface area contributed by atoms with Gasteiger partial charge in [0.05, 0.1) is 7.11 Å². The molecule has 0 spiro atoms. The number of nitrogens with zero attached hydrogens (tertiary/aromatic N) is 2. The largest absolute Gasteiger partial charge is 0.468 e. The molecule has 1 saturated heterocycles. The molecule has 2 heterocycles. The molecule has 1 aromatic carbocycles. The maximum Gasteiger partial charge on any atom is 0.325 e. The molecular weight excluding hydrogens is 488 g/mol. The molecule has 0 unspecified atom stereocenters. The zero-order chi connectivity index (χ0) is 25.3. The van der Waals surface area contributed by atoms with Crippen LogP contribution in [0.5, 0.6) is 0 Å². The van der Waals surface area contributed by atoms with E-state index in [0.29, 0.717) is 0 Å². The van der Waals surface area contributed by atoms with E-state index in [2.05, 4.69) is 64.6 Å². The first-order valence-electron chi connectivity index (χ1n) is 11.3. The summed E-state index contributed by atoms with van der Waals surface area (Å²) in [6.45, 7) is 8.07. The highest BCUT2D eigenvalue weighted by molar-refractivity contribution is 7.99. The number of carbonyl (C=O) groups excluding carboxylic acids is 2. The Morgan fingerprint density at radius 2 is 2.00 bits per heavy atom. The van der Waals surface area contributed by atoms with Crippen molar-refractivity contribution in [3.63, 3.8) is 0 Å². The summed E-state index contributed by atoms with van der Waals surface area (Å²) in [6.07, 6.45) is 6.57. The first kappa shape index (κ1) is 30.7. The van der Waals surface area contributed by atoms with Crippen LogP contribution in [0.2, 0.25) is 0 Å². The van der Waals surface area contributed by atoms with Gasteiger partial charge in [0.2, 0.25) is 5.91 Å². The van der Waals surface area contributed by atoms with Crippen LogP contribution >= 0.6 is 35.5 Å². The van der Waals surface area contributed by atoms with Gasteiger partial charge >= 0.3 is 5.97 Å². The summed E-state index contributed by atoms with van der Waals surface area (Å²) in [5, 5.41) is 2.59. The van der Waals surface area contributed by atoms with Crippen molar-refractivity contribution in [2.75, 3.05) is 56.5 Å². The third kappa shape index (κ3) is 10.9. The van der Waals surface area contributed by atoms with E-state index in [-0.39, 0.29) is 30.5 Å². The second-order valence-electron chi connectivity index (χ2n) is 7.64. The van der Waals surface area contributed by atoms with Gasteiger partial charge in [-0.05, 0) is 42.0 Å². The number of esters is 1. The minimum absolute atomic E-state index is 0.0168. The molecule has 2 aliphatic rings. The highest BCUT2D eigenvalue weighted by Crippen LogP contribution is 2.31. The minimum atomic E-state index is -0.287. The van der Waals surface area contributed by atoms with Crippen LogP contribution in [0.15, 0.2) is 37.0 Å². The molecule has 34 heavy (non-hydrogen) atoms. The monoisotopic (exact) mass is 528 g/mol. The van der Waals surface area contributed by atoms with Gasteiger partial charge in [-0.25, -0.2) is 4.31 Å². The highest BCUT2D eigenvalue weighted by Gasteiger charge is 2.39. The van der Waals surface area contributed by atoms with E-state index >= 15 is 0 Å². The van der Waals surface area contributed by atoms with E-state index in [1.165, 1.54) is 30.2 Å². The molecule has 1 aromatic rings. The van der Waals surface area contributed by atoms with Crippen molar-refractivity contribution in [1.29, 1.82) is 0 Å². The molecule has 0 aromatic heterocycles. The Morgan fingerprint density at radius 3 is 2.53 bits per heavy atom. The molecule has 0 bridgehead atoms. The van der Waals surface area contributed by atoms with Gasteiger partial charge in [-0.2, -0.15) is 23.5 Å². The van der Waals surface area contributed by atoms with Gasteiger partial charge in [-0.3, -0.25) is 9.59 Å². The maximum atomic E-state index is 12.8. The number of carbonyl (C=O) groups is 2. The number of thioether (sulfide) groups is 2. The standard InChI is InChI=1S/C16H23N3OS2.C5H9NO2.C3H8S/c1-21-10-14(17)9-19-15(11-22-19)16(20)18-7-6-12-4-2-3-5-13(12)8-18;1-3-6-4-5(7)8-2;1-3-4-2/h2-5,14-15H,6-11,17H2,1H3;3,6H,1,4H2,2H3;3H2,1-2H3/t14-,15+;;/m1../s1. The molecule has 1 amide bonds. The number of hydrogen-bond donors (Lipinski definition) is 2. The summed E-state index contributed by atoms with van der Waals surface area (Å²) in [5.41, 5.74) is 8.77. The fraction of sp³-hybridized carbons (Fsp3) is 0.583. The zero-order valence-electron chi connectivity index (χ0n) is 20.8. The number of benzene rings is 1. The Bertz CT molecular complexity index is 752. The molecule has 10 heteroatoms. The first-order chi connectivity index (χ1) is 16.4. The molecule has 1 fully saturated rings. The van der Waals surface area contributed by atoms with Crippen molar-refractivity contribution < 1.29 is 14.3 Å². The Hall–Kier alpha value is -1.33. The number of fused-ring (bicyclic) bond motifs is 1. The highest BCUT2D eigenvalue weighted by atomic mass is 32.2. The van der Waals surface area contributed by atoms with E-state index in [1.807, 2.05) is 16.7 Å². The number of ether oxygens (including phenoxy) is 1. The SMILES string of the molecule is C=CNCC(=O)OC.CCSC.CSC[C@H](N)CN1SC[C@H]1C(=O)N1CCc2ccccc2C1. The third-order valence-corrected chi connectivity index (χ3v) is 7.71. The lowest BCUT2D eigenvalue weighted by Gasteiger charge is -2.42. The summed E-state index contributed by atoms with van der Waals surface area (Å²) in [7, 11) is 1.34. The van der Waals surface area contributed by atoms with E-state index < -0.39 is 0 Å². The summed E-state index contributed by atoms with van der Waals surface area (Å²) in [5.74, 6) is 3.05. The second kappa shape index (κ2) is 18.0. The van der Waals surface area contributed by atoms with Crippen molar-refractivity contribution in [3.8, 4) is 0 Å². The van der Waals surface area contributed by atoms with Crippen LogP contribution in [-0.4, -0.2) is 89.7 Å². The average molecular weight is 529 g/mol. The molecule has 0 saturated carbocycles. The fourth-order valence-corrected chi connectivity index (χ4v) is 4.82. The molecule has 2 atom stereocenters. The Kier molecular flexibility index (Phi) is 16.3. The predicted octanol–water partition coefficient (Wildman–Crippen LogP) is 2.86. The van der Waals surface area contributed by atoms with Gasteiger partial charge in [0, 0.05) is 37.2 Å².